The third kappa shape index (κ3) is 2.96. The van der Waals surface area contributed by atoms with Crippen molar-refractivity contribution >= 4 is 29.4 Å². The van der Waals surface area contributed by atoms with Crippen molar-refractivity contribution in [2.24, 2.45) is 4.99 Å². The minimum Gasteiger partial charge on any atom is -0.404 e. The molecule has 5 nitrogen and oxygen atoms in total. The molecule has 1 heterocycles. The molecular weight excluding hydrogens is 316 g/mol. The van der Waals surface area contributed by atoms with Crippen molar-refractivity contribution in [1.29, 1.82) is 0 Å². The second kappa shape index (κ2) is 6.22. The fraction of sp³-hybridized carbons (Fsp3) is 0.118. The van der Waals surface area contributed by atoms with Crippen molar-refractivity contribution in [3.8, 4) is 0 Å². The van der Waals surface area contributed by atoms with Gasteiger partial charge in [-0.1, -0.05) is 36.4 Å². The largest absolute Gasteiger partial charge is 0.404 e. The number of esters is 1. The van der Waals surface area contributed by atoms with Gasteiger partial charge in [0.2, 0.25) is 11.6 Å². The predicted molar refractivity (Wildman–Crippen MR) is 86.4 cm³/mol. The topological polar surface area (TPSA) is 67.8 Å². The van der Waals surface area contributed by atoms with Crippen LogP contribution in [0.3, 0.4) is 0 Å². The highest BCUT2D eigenvalue weighted by atomic mass is 35.5. The van der Waals surface area contributed by atoms with Crippen molar-refractivity contribution in [2.75, 3.05) is 5.88 Å². The van der Waals surface area contributed by atoms with Crippen molar-refractivity contribution in [2.45, 2.75) is 5.66 Å². The summed E-state index contributed by atoms with van der Waals surface area (Å²) >= 11 is 5.92. The summed E-state index contributed by atoms with van der Waals surface area (Å²) in [6.45, 7) is 0. The van der Waals surface area contributed by atoms with Crippen molar-refractivity contribution < 1.29 is 14.3 Å². The molecule has 0 saturated carbocycles. The summed E-state index contributed by atoms with van der Waals surface area (Å²) in [5.41, 5.74) is -0.561. The van der Waals surface area contributed by atoms with Gasteiger partial charge in [-0.2, -0.15) is 0 Å². The van der Waals surface area contributed by atoms with Crippen LogP contribution >= 0.6 is 11.6 Å². The number of halogens is 1. The Kier molecular flexibility index (Phi) is 4.12. The van der Waals surface area contributed by atoms with E-state index in [4.69, 9.17) is 16.3 Å². The van der Waals surface area contributed by atoms with Gasteiger partial charge < -0.3 is 10.1 Å². The second-order valence-corrected chi connectivity index (χ2v) is 5.25. The first kappa shape index (κ1) is 15.2. The Hall–Kier alpha value is -2.66. The lowest BCUT2D eigenvalue weighted by molar-refractivity contribution is -0.139. The predicted octanol–water partition coefficient (Wildman–Crippen LogP) is 2.36. The van der Waals surface area contributed by atoms with E-state index in [0.717, 1.165) is 0 Å². The molecule has 0 aliphatic carbocycles. The van der Waals surface area contributed by atoms with Gasteiger partial charge in [-0.15, -0.1) is 11.6 Å². The van der Waals surface area contributed by atoms with Crippen molar-refractivity contribution in [3.05, 3.63) is 71.8 Å². The van der Waals surface area contributed by atoms with Crippen LogP contribution in [-0.4, -0.2) is 29.3 Å². The zero-order valence-electron chi connectivity index (χ0n) is 12.0. The summed E-state index contributed by atoms with van der Waals surface area (Å²) in [5.74, 6) is -1.22. The number of hydrogen-bond acceptors (Lipinski definition) is 4. The third-order valence-electron chi connectivity index (χ3n) is 3.39. The number of ether oxygens (including phenoxy) is 1. The third-order valence-corrected chi connectivity index (χ3v) is 3.78. The average Bonchev–Trinajstić information content (AvgIpc) is 2.93. The minimum atomic E-state index is -1.61. The van der Waals surface area contributed by atoms with Gasteiger partial charge in [0.15, 0.2) is 0 Å². The molecule has 0 bridgehead atoms. The molecule has 1 unspecified atom stereocenters. The van der Waals surface area contributed by atoms with E-state index in [9.17, 15) is 9.59 Å². The first-order valence-electron chi connectivity index (χ1n) is 6.96. The molecular formula is C17H13ClN2O3. The fourth-order valence-electron chi connectivity index (χ4n) is 2.16. The Morgan fingerprint density at radius 2 is 1.70 bits per heavy atom. The number of hydrogen-bond donors (Lipinski definition) is 1. The molecule has 0 aromatic heterocycles. The molecule has 1 aliphatic heterocycles. The van der Waals surface area contributed by atoms with E-state index in [1.807, 2.05) is 6.07 Å². The van der Waals surface area contributed by atoms with E-state index in [0.29, 0.717) is 11.1 Å². The Labute approximate surface area is 137 Å². The van der Waals surface area contributed by atoms with Gasteiger partial charge in [0.05, 0.1) is 5.88 Å². The Balaban J connectivity index is 1.90. The standard InChI is InChI=1S/C17H13ClN2O3/c18-11-17(19-14(21)12-7-3-1-4-8-12)16(22)23-15(20-17)13-9-5-2-6-10-13/h1-10H,11H2,(H,19,21). The number of aliphatic imine (C=N–C) groups is 1. The monoisotopic (exact) mass is 328 g/mol. The van der Waals surface area contributed by atoms with Gasteiger partial charge in [-0.05, 0) is 24.3 Å². The summed E-state index contributed by atoms with van der Waals surface area (Å²) in [7, 11) is 0. The number of nitrogens with zero attached hydrogens (tertiary/aromatic N) is 1. The van der Waals surface area contributed by atoms with Crippen LogP contribution in [0.5, 0.6) is 0 Å². The van der Waals surface area contributed by atoms with Gasteiger partial charge in [0, 0.05) is 11.1 Å². The Morgan fingerprint density at radius 3 is 2.30 bits per heavy atom. The van der Waals surface area contributed by atoms with Gasteiger partial charge in [0.1, 0.15) is 0 Å². The highest BCUT2D eigenvalue weighted by Gasteiger charge is 2.47. The summed E-state index contributed by atoms with van der Waals surface area (Å²) in [4.78, 5) is 28.8. The molecule has 1 amide bonds. The van der Waals surface area contributed by atoms with Gasteiger partial charge in [0.25, 0.3) is 5.91 Å². The van der Waals surface area contributed by atoms with Crippen LogP contribution in [-0.2, 0) is 9.53 Å². The van der Waals surface area contributed by atoms with Crippen LogP contribution in [0.25, 0.3) is 0 Å². The smallest absolute Gasteiger partial charge is 0.363 e. The fourth-order valence-corrected chi connectivity index (χ4v) is 2.40. The number of alkyl halides is 1. The van der Waals surface area contributed by atoms with E-state index in [1.54, 1.807) is 54.6 Å². The van der Waals surface area contributed by atoms with E-state index < -0.39 is 17.5 Å². The minimum absolute atomic E-state index is 0.143. The van der Waals surface area contributed by atoms with Gasteiger partial charge >= 0.3 is 5.97 Å². The lowest BCUT2D eigenvalue weighted by Gasteiger charge is -2.20. The number of benzene rings is 2. The van der Waals surface area contributed by atoms with E-state index >= 15 is 0 Å². The molecule has 1 N–H and O–H groups in total. The molecule has 2 aromatic carbocycles. The molecule has 3 rings (SSSR count). The maximum absolute atomic E-state index is 12.3. The second-order valence-electron chi connectivity index (χ2n) is 4.99. The molecule has 1 aliphatic rings. The molecule has 0 radical (unpaired) electrons. The number of cyclic esters (lactones) is 1. The molecule has 0 fully saturated rings. The van der Waals surface area contributed by atoms with Crippen LogP contribution in [0.15, 0.2) is 65.7 Å². The highest BCUT2D eigenvalue weighted by molar-refractivity contribution is 6.22. The van der Waals surface area contributed by atoms with Crippen LogP contribution in [0.4, 0.5) is 0 Å². The Bertz CT molecular complexity index is 762. The zero-order chi connectivity index (χ0) is 16.3. The SMILES string of the molecule is O=C(NC1(CCl)N=C(c2ccccc2)OC1=O)c1ccccc1. The first-order chi connectivity index (χ1) is 11.1. The van der Waals surface area contributed by atoms with Crippen LogP contribution in [0, 0.1) is 0 Å². The van der Waals surface area contributed by atoms with E-state index in [-0.39, 0.29) is 11.8 Å². The number of amides is 1. The summed E-state index contributed by atoms with van der Waals surface area (Å²) < 4.78 is 5.20. The summed E-state index contributed by atoms with van der Waals surface area (Å²) in [5, 5.41) is 2.57. The number of nitrogens with one attached hydrogen (secondary N) is 1. The molecule has 1 atom stereocenters. The van der Waals surface area contributed by atoms with Gasteiger partial charge in [-0.25, -0.2) is 9.79 Å². The summed E-state index contributed by atoms with van der Waals surface area (Å²) in [6, 6.07) is 17.5. The number of carbonyl (C=O) groups excluding carboxylic acids is 2. The average molecular weight is 329 g/mol. The normalized spacial score (nSPS) is 19.9. The van der Waals surface area contributed by atoms with Crippen molar-refractivity contribution in [3.63, 3.8) is 0 Å². The van der Waals surface area contributed by atoms with Gasteiger partial charge in [-0.3, -0.25) is 4.79 Å². The van der Waals surface area contributed by atoms with Crippen LogP contribution < -0.4 is 5.32 Å². The van der Waals surface area contributed by atoms with Crippen LogP contribution in [0.1, 0.15) is 15.9 Å². The zero-order valence-corrected chi connectivity index (χ0v) is 12.8. The highest BCUT2D eigenvalue weighted by Crippen LogP contribution is 2.23. The maximum Gasteiger partial charge on any atom is 0.363 e. The quantitative estimate of drug-likeness (QED) is 0.692. The Morgan fingerprint density at radius 1 is 1.09 bits per heavy atom. The molecule has 2 aromatic rings. The van der Waals surface area contributed by atoms with Crippen molar-refractivity contribution in [1.82, 2.24) is 5.32 Å². The van der Waals surface area contributed by atoms with Crippen LogP contribution in [0.2, 0.25) is 0 Å². The lowest BCUT2D eigenvalue weighted by Crippen LogP contribution is -2.53. The van der Waals surface area contributed by atoms with E-state index in [2.05, 4.69) is 10.3 Å². The molecule has 0 saturated heterocycles. The molecule has 0 spiro atoms. The lowest BCUT2D eigenvalue weighted by atomic mass is 10.1. The number of carbonyl (C=O) groups is 2. The maximum atomic E-state index is 12.3. The number of rotatable bonds is 4. The molecule has 116 valence electrons. The van der Waals surface area contributed by atoms with E-state index in [1.165, 1.54) is 0 Å². The summed E-state index contributed by atoms with van der Waals surface area (Å²) in [6.07, 6.45) is 0. The molecule has 6 heteroatoms. The first-order valence-corrected chi connectivity index (χ1v) is 7.49. The molecule has 23 heavy (non-hydrogen) atoms.